The summed E-state index contributed by atoms with van der Waals surface area (Å²) in [6.07, 6.45) is 54.2. The molecule has 2 rings (SSSR count). The lowest BCUT2D eigenvalue weighted by Gasteiger charge is -2.28. The lowest BCUT2D eigenvalue weighted by Crippen LogP contribution is -2.31. The summed E-state index contributed by atoms with van der Waals surface area (Å²) in [6, 6.07) is 0. The van der Waals surface area contributed by atoms with Crippen molar-refractivity contribution in [3.8, 4) is 0 Å². The number of rotatable bonds is 72. The van der Waals surface area contributed by atoms with Gasteiger partial charge in [0.05, 0.1) is 26.4 Å². The Hall–Kier alpha value is -1.94. The molecule has 0 spiro atoms. The molecule has 0 heterocycles. The molecule has 0 amide bonds. The van der Waals surface area contributed by atoms with Gasteiger partial charge in [-0.05, 0) is 62.2 Å². The number of unbranched alkanes of at least 4 members (excludes halogenated alkanes) is 38. The van der Waals surface area contributed by atoms with Crippen molar-refractivity contribution in [2.75, 3.05) is 39.6 Å². The zero-order chi connectivity index (χ0) is 68.4. The minimum Gasteiger partial charge on any atom is -0.756 e. The van der Waals surface area contributed by atoms with Gasteiger partial charge in [0.2, 0.25) is 0 Å². The Bertz CT molecular complexity index is 1790. The number of carbonyl (C=O) groups excluding carboxylic acids is 4. The summed E-state index contributed by atoms with van der Waals surface area (Å²) in [4.78, 5) is 77.6. The van der Waals surface area contributed by atoms with Crippen molar-refractivity contribution >= 4 is 39.5 Å². The topological polar surface area (TPSA) is 243 Å². The van der Waals surface area contributed by atoms with E-state index in [1.54, 1.807) is 0 Å². The van der Waals surface area contributed by atoms with E-state index in [4.69, 9.17) is 37.0 Å². The zero-order valence-electron chi connectivity index (χ0n) is 60.3. The van der Waals surface area contributed by atoms with E-state index in [1.807, 2.05) is 0 Å². The Morgan fingerprint density at radius 2 is 0.532 bits per heavy atom. The van der Waals surface area contributed by atoms with Crippen LogP contribution in [-0.2, 0) is 65.4 Å². The predicted octanol–water partition coefficient (Wildman–Crippen LogP) is 19.9. The second kappa shape index (κ2) is 59.9. The first-order valence-electron chi connectivity index (χ1n) is 39.2. The zero-order valence-corrected chi connectivity index (χ0v) is 62.1. The highest BCUT2D eigenvalue weighted by atomic mass is 31.2. The lowest BCUT2D eigenvalue weighted by molar-refractivity contribution is -0.233. The maximum absolute atomic E-state index is 13.0. The van der Waals surface area contributed by atoms with Gasteiger partial charge >= 0.3 is 23.9 Å². The van der Waals surface area contributed by atoms with E-state index in [9.17, 15) is 43.2 Å². The summed E-state index contributed by atoms with van der Waals surface area (Å²) in [6.45, 7) is 4.62. The highest BCUT2D eigenvalue weighted by molar-refractivity contribution is 7.46. The average Bonchev–Trinajstić information content (AvgIpc) is 1.81. The van der Waals surface area contributed by atoms with Crippen molar-refractivity contribution in [1.29, 1.82) is 0 Å². The molecular formula is C75H140O17P2-2. The van der Waals surface area contributed by atoms with Gasteiger partial charge in [0.1, 0.15) is 19.3 Å². The van der Waals surface area contributed by atoms with Gasteiger partial charge < -0.3 is 51.9 Å². The Labute approximate surface area is 573 Å². The molecule has 0 bridgehead atoms. The first kappa shape index (κ1) is 88.1. The molecule has 0 radical (unpaired) electrons. The van der Waals surface area contributed by atoms with Gasteiger partial charge in [-0.25, -0.2) is 0 Å². The third-order valence-corrected chi connectivity index (χ3v) is 20.9. The Morgan fingerprint density at radius 3 is 0.798 bits per heavy atom. The molecule has 17 nitrogen and oxygen atoms in total. The SMILES string of the molecule is CCCCCCCCCCCCCCCC(=O)OC[C@H](COP(=O)([O-])OCC(O)COP(=O)([O-])OC[C@@H](COC(=O)CCCCCCCCCCCCCCC)OC(=O)CCCCCCCC1CC1CCCCCC)OC(=O)CCCCCCCC1CC1CCCCCC. The van der Waals surface area contributed by atoms with Crippen LogP contribution in [0.5, 0.6) is 0 Å². The second-order valence-electron chi connectivity index (χ2n) is 28.1. The molecule has 94 heavy (non-hydrogen) atoms. The molecule has 6 unspecified atom stereocenters. The molecule has 19 heteroatoms. The molecule has 0 aromatic heterocycles. The van der Waals surface area contributed by atoms with Crippen molar-refractivity contribution in [3.63, 3.8) is 0 Å². The van der Waals surface area contributed by atoms with Gasteiger partial charge in [-0.15, -0.1) is 0 Å². The molecule has 2 aliphatic rings. The molecule has 2 saturated carbocycles. The monoisotopic (exact) mass is 1370 g/mol. The van der Waals surface area contributed by atoms with Crippen LogP contribution >= 0.6 is 15.6 Å². The summed E-state index contributed by atoms with van der Waals surface area (Å²) < 4.78 is 67.8. The molecule has 1 N–H and O–H groups in total. The minimum atomic E-state index is -5.22. The van der Waals surface area contributed by atoms with E-state index in [0.717, 1.165) is 101 Å². The predicted molar refractivity (Wildman–Crippen MR) is 373 cm³/mol. The molecule has 2 fully saturated rings. The Morgan fingerprint density at radius 1 is 0.319 bits per heavy atom. The van der Waals surface area contributed by atoms with Crippen LogP contribution in [0.15, 0.2) is 0 Å². The third-order valence-electron chi connectivity index (χ3n) is 19.0. The van der Waals surface area contributed by atoms with E-state index in [1.165, 1.54) is 218 Å². The third kappa shape index (κ3) is 54.9. The van der Waals surface area contributed by atoms with E-state index in [-0.39, 0.29) is 25.7 Å². The van der Waals surface area contributed by atoms with Crippen LogP contribution in [0, 0.1) is 23.7 Å². The van der Waals surface area contributed by atoms with Gasteiger partial charge in [-0.1, -0.05) is 310 Å². The minimum absolute atomic E-state index is 0.0930. The summed E-state index contributed by atoms with van der Waals surface area (Å²) >= 11 is 0. The van der Waals surface area contributed by atoms with E-state index in [2.05, 4.69) is 27.7 Å². The van der Waals surface area contributed by atoms with Crippen molar-refractivity contribution in [1.82, 2.24) is 0 Å². The smallest absolute Gasteiger partial charge is 0.306 e. The van der Waals surface area contributed by atoms with E-state index < -0.39 is 97.5 Å². The Kier molecular flexibility index (Phi) is 56.1. The van der Waals surface area contributed by atoms with E-state index in [0.29, 0.717) is 25.7 Å². The van der Waals surface area contributed by atoms with Crippen LogP contribution < -0.4 is 9.79 Å². The highest BCUT2D eigenvalue weighted by Crippen LogP contribution is 2.47. The Balaban J connectivity index is 1.85. The maximum atomic E-state index is 13.0. The summed E-state index contributed by atoms with van der Waals surface area (Å²) in [5, 5.41) is 10.6. The molecule has 0 saturated heterocycles. The number of aliphatic hydroxyl groups is 1. The van der Waals surface area contributed by atoms with Gasteiger partial charge in [-0.3, -0.25) is 28.3 Å². The molecule has 2 aliphatic carbocycles. The first-order valence-corrected chi connectivity index (χ1v) is 42.1. The molecule has 8 atom stereocenters. The van der Waals surface area contributed by atoms with Crippen LogP contribution in [0.25, 0.3) is 0 Å². The molecule has 0 aromatic rings. The molecule has 0 aliphatic heterocycles. The number of phosphoric ester groups is 2. The quantitative estimate of drug-likeness (QED) is 0.0257. The molecular weight excluding hydrogens is 1230 g/mol. The normalized spacial score (nSPS) is 18.2. The van der Waals surface area contributed by atoms with Crippen molar-refractivity contribution in [2.24, 2.45) is 23.7 Å². The van der Waals surface area contributed by atoms with Gasteiger partial charge in [-0.2, -0.15) is 0 Å². The number of esters is 4. The fourth-order valence-electron chi connectivity index (χ4n) is 12.8. The standard InChI is InChI=1S/C75H142O17P2/c1-5-9-13-17-19-21-23-25-27-29-31-37-45-53-72(77)85-61-70(91-74(79)55-47-39-33-35-43-51-67-57-65(67)49-41-15-11-7-3)63-89-93(81,82)87-59-69(76)60-88-94(83,84)90-64-71(62-86-73(78)54-46-38-32-30-28-26-24-22-20-18-14-10-6-2)92-75(80)56-48-40-34-36-44-52-68-58-66(68)50-42-16-12-8-4/h65-71,76H,5-64H2,1-4H3,(H,81,82)(H,83,84)/p-2/t65?,66?,67?,68?,69?,70-,71-/m1/s1. The number of carbonyl (C=O) groups is 4. The van der Waals surface area contributed by atoms with Crippen LogP contribution in [0.2, 0.25) is 0 Å². The van der Waals surface area contributed by atoms with Gasteiger partial charge in [0.25, 0.3) is 15.6 Å². The number of hydrogen-bond donors (Lipinski definition) is 1. The van der Waals surface area contributed by atoms with Crippen LogP contribution in [0.3, 0.4) is 0 Å². The fraction of sp³-hybridized carbons (Fsp3) is 0.947. The summed E-state index contributed by atoms with van der Waals surface area (Å²) in [5.74, 6) is 1.35. The van der Waals surface area contributed by atoms with Gasteiger partial charge in [0.15, 0.2) is 12.2 Å². The van der Waals surface area contributed by atoms with Crippen LogP contribution in [-0.4, -0.2) is 86.9 Å². The van der Waals surface area contributed by atoms with Crippen molar-refractivity contribution < 1.29 is 80.2 Å². The molecule has 554 valence electrons. The largest absolute Gasteiger partial charge is 0.756 e. The number of phosphoric acid groups is 2. The van der Waals surface area contributed by atoms with E-state index >= 15 is 0 Å². The van der Waals surface area contributed by atoms with Crippen LogP contribution in [0.4, 0.5) is 0 Å². The second-order valence-corrected chi connectivity index (χ2v) is 31.0. The van der Waals surface area contributed by atoms with Crippen molar-refractivity contribution in [2.45, 2.75) is 393 Å². The summed E-state index contributed by atoms with van der Waals surface area (Å²) in [5.41, 5.74) is 0. The average molecular weight is 1380 g/mol. The molecule has 0 aromatic carbocycles. The summed E-state index contributed by atoms with van der Waals surface area (Å²) in [7, 11) is -10.4. The van der Waals surface area contributed by atoms with Crippen LogP contribution in [0.1, 0.15) is 374 Å². The number of ether oxygens (including phenoxy) is 4. The number of hydrogen-bond acceptors (Lipinski definition) is 17. The lowest BCUT2D eigenvalue weighted by atomic mass is 10.0. The van der Waals surface area contributed by atoms with Gasteiger partial charge in [0, 0.05) is 25.7 Å². The fourth-order valence-corrected chi connectivity index (χ4v) is 14.3. The number of aliphatic hydroxyl groups excluding tert-OH is 1. The highest BCUT2D eigenvalue weighted by Gasteiger charge is 2.36. The maximum Gasteiger partial charge on any atom is 0.306 e. The van der Waals surface area contributed by atoms with Crippen molar-refractivity contribution in [3.05, 3.63) is 0 Å². The first-order chi connectivity index (χ1) is 45.6.